The average Bonchev–Trinajstić information content (AvgIpc) is 3.54. The Bertz CT molecular complexity index is 1760. The van der Waals surface area contributed by atoms with Crippen molar-refractivity contribution < 1.29 is 47.5 Å². The molecule has 3 aromatic rings. The lowest BCUT2D eigenvalue weighted by Crippen LogP contribution is -2.38. The maximum atomic E-state index is 13.4. The molecule has 0 spiro atoms. The molecule has 22 heteroatoms. The topological polar surface area (TPSA) is 239 Å². The van der Waals surface area contributed by atoms with E-state index >= 15 is 0 Å². The molecule has 18 nitrogen and oxygen atoms in total. The van der Waals surface area contributed by atoms with E-state index in [-0.39, 0.29) is 0 Å². The molecule has 6 heterocycles. The third-order valence-corrected chi connectivity index (χ3v) is 10.1. The molecule has 3 unspecified atom stereocenters. The number of aryl methyl sites for hydroxylation is 1. The van der Waals surface area contributed by atoms with E-state index in [1.807, 2.05) is 4.98 Å². The number of anilines is 1. The van der Waals surface area contributed by atoms with Crippen LogP contribution in [0.15, 0.2) is 34.4 Å². The van der Waals surface area contributed by atoms with E-state index in [0.717, 1.165) is 47.2 Å². The van der Waals surface area contributed by atoms with Crippen molar-refractivity contribution in [2.24, 2.45) is 0 Å². The lowest BCUT2D eigenvalue weighted by Gasteiger charge is -2.24. The summed E-state index contributed by atoms with van der Waals surface area (Å²) < 4.78 is 55.5. The Morgan fingerprint density at radius 1 is 1.13 bits per heavy atom. The Morgan fingerprint density at radius 3 is 2.64 bits per heavy atom. The summed E-state index contributed by atoms with van der Waals surface area (Å²) in [5, 5.41) is 36.2. The van der Waals surface area contributed by atoms with Crippen molar-refractivity contribution in [2.75, 3.05) is 25.1 Å². The van der Waals surface area contributed by atoms with Crippen LogP contribution in [0, 0.1) is 0 Å². The predicted molar refractivity (Wildman–Crippen MR) is 163 cm³/mol. The van der Waals surface area contributed by atoms with Crippen molar-refractivity contribution in [3.8, 4) is 0 Å². The van der Waals surface area contributed by atoms with Gasteiger partial charge in [-0.15, -0.1) is 0 Å². The molecule has 10 atom stereocenters. The van der Waals surface area contributed by atoms with Crippen LogP contribution in [0.2, 0.25) is 0 Å². The van der Waals surface area contributed by atoms with Gasteiger partial charge in [-0.1, -0.05) is 24.5 Å². The number of ether oxygens (including phenoxy) is 2. The Morgan fingerprint density at radius 2 is 1.91 bits per heavy atom. The van der Waals surface area contributed by atoms with Crippen molar-refractivity contribution in [1.82, 2.24) is 24.1 Å². The molecule has 0 bridgehead atoms. The van der Waals surface area contributed by atoms with Gasteiger partial charge in [0.25, 0.3) is 5.56 Å². The van der Waals surface area contributed by atoms with E-state index in [1.165, 1.54) is 6.33 Å². The van der Waals surface area contributed by atoms with Gasteiger partial charge < -0.3 is 39.2 Å². The van der Waals surface area contributed by atoms with Crippen LogP contribution in [-0.2, 0) is 38.6 Å². The first-order valence-corrected chi connectivity index (χ1v) is 19.0. The molecule has 246 valence electrons. The van der Waals surface area contributed by atoms with Crippen LogP contribution >= 0.6 is 38.5 Å². The van der Waals surface area contributed by atoms with Crippen molar-refractivity contribution in [2.45, 2.75) is 61.9 Å². The van der Waals surface area contributed by atoms with Crippen LogP contribution in [0.4, 0.5) is 5.82 Å². The third kappa shape index (κ3) is 6.57. The number of H-pyrrole nitrogens is 1. The van der Waals surface area contributed by atoms with Gasteiger partial charge in [0.1, 0.15) is 54.4 Å². The van der Waals surface area contributed by atoms with Crippen molar-refractivity contribution in [3.05, 3.63) is 51.2 Å². The molecule has 3 aliphatic rings. The number of aliphatic hydroxyl groups excluding tert-OH is 3. The minimum absolute atomic E-state index is 0.486. The molecule has 45 heavy (non-hydrogen) atoms. The van der Waals surface area contributed by atoms with Crippen molar-refractivity contribution in [1.29, 1.82) is 0 Å². The molecule has 0 saturated carbocycles. The second-order valence-electron chi connectivity index (χ2n) is 10.5. The minimum atomic E-state index is -4.35. The minimum Gasteiger partial charge on any atom is -0.394 e. The van der Waals surface area contributed by atoms with E-state index in [4.69, 9.17) is 23.0 Å². The fraction of sp³-hybridized carbons (Fsp3) is 0.565. The molecule has 6 rings (SSSR count). The number of thiol groups is 2. The molecule has 3 aliphatic heterocycles. The van der Waals surface area contributed by atoms with E-state index in [2.05, 4.69) is 39.8 Å². The number of aromatic amines is 1. The summed E-state index contributed by atoms with van der Waals surface area (Å²) in [7, 11) is -2.95. The summed E-state index contributed by atoms with van der Waals surface area (Å²) in [4.78, 5) is 34.6. The van der Waals surface area contributed by atoms with Gasteiger partial charge >= 0.3 is 12.5 Å². The SMILES string of the molecule is O=c1ccn([C@@H]2OC(COP(=O)(S)O[C@H]3[C@@H](O)[C@H](n4cc5c6c(ncnc64)NCCC5)O[C@@H]3CO)[C@@H](O)[C@H]2O[PH](=O)S)c(=O)[nH]1. The molecule has 2 fully saturated rings. The quantitative estimate of drug-likeness (QED) is 0.108. The molecule has 5 N–H and O–H groups in total. The van der Waals surface area contributed by atoms with Crippen LogP contribution in [0.1, 0.15) is 24.4 Å². The number of hydrogen-bond donors (Lipinski definition) is 7. The molecular weight excluding hydrogens is 678 g/mol. The van der Waals surface area contributed by atoms with E-state index in [1.54, 1.807) is 10.8 Å². The number of rotatable bonds is 10. The van der Waals surface area contributed by atoms with Gasteiger partial charge in [0.05, 0.1) is 18.6 Å². The number of aliphatic hydroxyl groups is 3. The fourth-order valence-electron chi connectivity index (χ4n) is 5.69. The monoisotopic (exact) mass is 708 g/mol. The van der Waals surface area contributed by atoms with Crippen LogP contribution in [0.25, 0.3) is 11.0 Å². The highest BCUT2D eigenvalue weighted by molar-refractivity contribution is 8.44. The van der Waals surface area contributed by atoms with Gasteiger partial charge in [-0.3, -0.25) is 28.0 Å². The second kappa shape index (κ2) is 13.2. The number of nitrogens with one attached hydrogen (secondary N) is 2. The van der Waals surface area contributed by atoms with Crippen LogP contribution in [0.5, 0.6) is 0 Å². The zero-order chi connectivity index (χ0) is 32.0. The molecule has 0 amide bonds. The summed E-state index contributed by atoms with van der Waals surface area (Å²) in [6.45, 7) is -4.85. The third-order valence-electron chi connectivity index (χ3n) is 7.70. The number of nitrogens with zero attached hydrogens (tertiary/aromatic N) is 4. The first-order valence-electron chi connectivity index (χ1n) is 13.7. The first-order chi connectivity index (χ1) is 21.5. The highest BCUT2D eigenvalue weighted by atomic mass is 32.7. The smallest absolute Gasteiger partial charge is 0.386 e. The second-order valence-corrected chi connectivity index (χ2v) is 15.2. The first kappa shape index (κ1) is 32.9. The molecule has 0 radical (unpaired) electrons. The lowest BCUT2D eigenvalue weighted by molar-refractivity contribution is -0.0538. The van der Waals surface area contributed by atoms with Gasteiger partial charge in [0, 0.05) is 25.0 Å². The average molecular weight is 709 g/mol. The number of aromatic nitrogens is 5. The highest BCUT2D eigenvalue weighted by Gasteiger charge is 2.50. The van der Waals surface area contributed by atoms with Crippen molar-refractivity contribution >= 4 is 55.4 Å². The Hall–Kier alpha value is -2.06. The van der Waals surface area contributed by atoms with E-state index < -0.39 is 87.6 Å². The van der Waals surface area contributed by atoms with Gasteiger partial charge in [-0.25, -0.2) is 19.3 Å². The molecule has 2 saturated heterocycles. The summed E-state index contributed by atoms with van der Waals surface area (Å²) in [6, 6.07) is 1.03. The Labute approximate surface area is 264 Å². The predicted octanol–water partition coefficient (Wildman–Crippen LogP) is -0.00710. The largest absolute Gasteiger partial charge is 0.394 e. The Balaban J connectivity index is 1.17. The summed E-state index contributed by atoms with van der Waals surface area (Å²) >= 11 is 7.75. The highest BCUT2D eigenvalue weighted by Crippen LogP contribution is 2.57. The normalized spacial score (nSPS) is 31.8. The van der Waals surface area contributed by atoms with E-state index in [0.29, 0.717) is 11.5 Å². The summed E-state index contributed by atoms with van der Waals surface area (Å²) in [5.41, 5.74) is -0.146. The molecule has 0 aliphatic carbocycles. The zero-order valence-electron chi connectivity index (χ0n) is 23.1. The maximum absolute atomic E-state index is 13.4. The van der Waals surface area contributed by atoms with Crippen LogP contribution in [0.3, 0.4) is 0 Å². The van der Waals surface area contributed by atoms with Gasteiger partial charge in [-0.05, 0) is 18.4 Å². The zero-order valence-corrected chi connectivity index (χ0v) is 26.8. The maximum Gasteiger partial charge on any atom is 0.386 e. The molecule has 0 aromatic carbocycles. The number of hydrogen-bond acceptors (Lipinski definition) is 15. The standard InChI is InChI=1S/C23H30N6O12P2S2/c30-7-11-17(16(33)21(38-11)29-6-10-2-1-4-24-19-14(10)20(29)26-9-25-19)41-43(36,45)37-8-12-15(32)18(40-42(35)44)22(39-12)28-5-3-13(31)27-23(28)34/h3,5-6,9,11-12,15-18,21-22,30,32-33,42H,1-2,4,7-8H2,(H,35,44)(H,36,45)(H,24,25,26)(H,27,31,34)/t11-,12?,15-,16-,17-,18-,21-,22-,43?/m1/s1. The van der Waals surface area contributed by atoms with Crippen LogP contribution in [-0.4, -0.2) is 95.8 Å². The van der Waals surface area contributed by atoms with Crippen molar-refractivity contribution in [3.63, 3.8) is 0 Å². The van der Waals surface area contributed by atoms with Gasteiger partial charge in [0.2, 0.25) is 7.23 Å². The van der Waals surface area contributed by atoms with Gasteiger partial charge in [0.15, 0.2) is 12.5 Å². The molecule has 3 aromatic heterocycles. The molecular formula is C23H30N6O12P2S2. The van der Waals surface area contributed by atoms with E-state index in [9.17, 15) is 34.0 Å². The summed E-state index contributed by atoms with van der Waals surface area (Å²) in [6.07, 6.45) is -4.85. The van der Waals surface area contributed by atoms with Gasteiger partial charge in [-0.2, -0.15) is 0 Å². The fourth-order valence-corrected chi connectivity index (χ4v) is 8.04. The summed E-state index contributed by atoms with van der Waals surface area (Å²) in [5.74, 6) is 0.650. The van der Waals surface area contributed by atoms with Crippen LogP contribution < -0.4 is 16.6 Å². The Kier molecular flexibility index (Phi) is 9.65. The lowest BCUT2D eigenvalue weighted by atomic mass is 10.1.